The Morgan fingerprint density at radius 1 is 1.15 bits per heavy atom. The average Bonchev–Trinajstić information content (AvgIpc) is 3.13. The van der Waals surface area contributed by atoms with Crippen LogP contribution in [0.25, 0.3) is 0 Å². The monoisotopic (exact) mass is 433 g/mol. The zero-order chi connectivity index (χ0) is 19.9. The SMILES string of the molecule is CC(C)C1NC2(C(=O)Nc3ccc(Br)cc32)C2C(=O)N(C(C)(C)C)C(=O)C12. The summed E-state index contributed by atoms with van der Waals surface area (Å²) in [7, 11) is 0. The first kappa shape index (κ1) is 18.6. The number of rotatable bonds is 1. The van der Waals surface area contributed by atoms with Gasteiger partial charge in [-0.2, -0.15) is 0 Å². The lowest BCUT2D eigenvalue weighted by Gasteiger charge is -2.35. The van der Waals surface area contributed by atoms with Crippen LogP contribution in [-0.2, 0) is 19.9 Å². The van der Waals surface area contributed by atoms with Crippen LogP contribution in [0.15, 0.2) is 22.7 Å². The van der Waals surface area contributed by atoms with E-state index >= 15 is 0 Å². The summed E-state index contributed by atoms with van der Waals surface area (Å²) >= 11 is 3.47. The van der Waals surface area contributed by atoms with E-state index in [-0.39, 0.29) is 29.7 Å². The summed E-state index contributed by atoms with van der Waals surface area (Å²) in [6.07, 6.45) is 0. The molecule has 6 nitrogen and oxygen atoms in total. The summed E-state index contributed by atoms with van der Waals surface area (Å²) in [6.45, 7) is 9.59. The summed E-state index contributed by atoms with van der Waals surface area (Å²) < 4.78 is 0.827. The van der Waals surface area contributed by atoms with Gasteiger partial charge < -0.3 is 5.32 Å². The predicted octanol–water partition coefficient (Wildman–Crippen LogP) is 2.62. The maximum Gasteiger partial charge on any atom is 0.250 e. The van der Waals surface area contributed by atoms with Crippen molar-refractivity contribution in [1.82, 2.24) is 10.2 Å². The Morgan fingerprint density at radius 3 is 2.41 bits per heavy atom. The van der Waals surface area contributed by atoms with Gasteiger partial charge in [0.25, 0.3) is 0 Å². The first-order valence-corrected chi connectivity index (χ1v) is 10.1. The Hall–Kier alpha value is -1.73. The minimum atomic E-state index is -1.22. The average molecular weight is 434 g/mol. The van der Waals surface area contributed by atoms with Gasteiger partial charge in [-0.05, 0) is 44.9 Å². The number of benzene rings is 1. The smallest absolute Gasteiger partial charge is 0.250 e. The maximum absolute atomic E-state index is 13.5. The number of anilines is 1. The Labute approximate surface area is 167 Å². The second-order valence-corrected chi connectivity index (χ2v) is 9.97. The lowest BCUT2D eigenvalue weighted by atomic mass is 9.76. The normalized spacial score (nSPS) is 32.5. The van der Waals surface area contributed by atoms with Gasteiger partial charge in [-0.15, -0.1) is 0 Å². The second-order valence-electron chi connectivity index (χ2n) is 9.05. The second kappa shape index (κ2) is 5.64. The van der Waals surface area contributed by atoms with Gasteiger partial charge in [-0.25, -0.2) is 0 Å². The summed E-state index contributed by atoms with van der Waals surface area (Å²) in [5.74, 6) is -1.91. The quantitative estimate of drug-likeness (QED) is 0.667. The van der Waals surface area contributed by atoms with Crippen molar-refractivity contribution in [2.75, 3.05) is 5.32 Å². The number of likely N-dealkylation sites (tertiary alicyclic amines) is 1. The van der Waals surface area contributed by atoms with Crippen LogP contribution in [0.5, 0.6) is 0 Å². The molecule has 1 aromatic carbocycles. The van der Waals surface area contributed by atoms with E-state index in [2.05, 4.69) is 26.6 Å². The molecule has 0 aromatic heterocycles. The summed E-state index contributed by atoms with van der Waals surface area (Å²) in [6, 6.07) is 5.30. The Kier molecular flexibility index (Phi) is 3.89. The van der Waals surface area contributed by atoms with Crippen molar-refractivity contribution in [1.29, 1.82) is 0 Å². The van der Waals surface area contributed by atoms with Crippen LogP contribution in [0.4, 0.5) is 5.69 Å². The van der Waals surface area contributed by atoms with Crippen molar-refractivity contribution in [3.05, 3.63) is 28.2 Å². The molecule has 2 saturated heterocycles. The van der Waals surface area contributed by atoms with E-state index in [9.17, 15) is 14.4 Å². The minimum Gasteiger partial charge on any atom is -0.324 e. The number of amides is 3. The topological polar surface area (TPSA) is 78.5 Å². The van der Waals surface area contributed by atoms with E-state index in [0.29, 0.717) is 5.69 Å². The summed E-state index contributed by atoms with van der Waals surface area (Å²) in [4.78, 5) is 41.4. The molecule has 0 bridgehead atoms. The number of nitrogens with zero attached hydrogens (tertiary/aromatic N) is 1. The third-order valence-electron chi connectivity index (χ3n) is 6.00. The number of carbonyl (C=O) groups excluding carboxylic acids is 3. The molecule has 0 aliphatic carbocycles. The molecule has 3 aliphatic heterocycles. The molecule has 3 aliphatic rings. The number of imide groups is 1. The van der Waals surface area contributed by atoms with E-state index in [1.165, 1.54) is 4.90 Å². The summed E-state index contributed by atoms with van der Waals surface area (Å²) in [5, 5.41) is 6.35. The highest BCUT2D eigenvalue weighted by molar-refractivity contribution is 9.10. The van der Waals surface area contributed by atoms with Crippen LogP contribution in [-0.4, -0.2) is 34.2 Å². The molecule has 3 amide bonds. The number of halogens is 1. The molecule has 1 spiro atoms. The fourth-order valence-electron chi connectivity index (χ4n) is 4.94. The zero-order valence-corrected chi connectivity index (χ0v) is 17.7. The van der Waals surface area contributed by atoms with Gasteiger partial charge in [0.05, 0.1) is 11.8 Å². The van der Waals surface area contributed by atoms with Gasteiger partial charge in [0.15, 0.2) is 0 Å². The highest BCUT2D eigenvalue weighted by atomic mass is 79.9. The van der Waals surface area contributed by atoms with Crippen LogP contribution in [0, 0.1) is 17.8 Å². The molecule has 2 N–H and O–H groups in total. The first-order chi connectivity index (χ1) is 12.5. The Bertz CT molecular complexity index is 876. The molecule has 27 heavy (non-hydrogen) atoms. The molecule has 0 saturated carbocycles. The van der Waals surface area contributed by atoms with Gasteiger partial charge >= 0.3 is 0 Å². The van der Waals surface area contributed by atoms with Crippen molar-refractivity contribution in [2.24, 2.45) is 17.8 Å². The fourth-order valence-corrected chi connectivity index (χ4v) is 5.30. The highest BCUT2D eigenvalue weighted by Gasteiger charge is 2.71. The van der Waals surface area contributed by atoms with Crippen LogP contribution >= 0.6 is 15.9 Å². The number of fused-ring (bicyclic) bond motifs is 4. The first-order valence-electron chi connectivity index (χ1n) is 9.27. The molecule has 7 heteroatoms. The van der Waals surface area contributed by atoms with Crippen molar-refractivity contribution in [3.63, 3.8) is 0 Å². The lowest BCUT2D eigenvalue weighted by molar-refractivity contribution is -0.148. The fraction of sp³-hybridized carbons (Fsp3) is 0.550. The molecule has 2 fully saturated rings. The van der Waals surface area contributed by atoms with Crippen molar-refractivity contribution < 1.29 is 14.4 Å². The van der Waals surface area contributed by atoms with Crippen molar-refractivity contribution in [3.8, 4) is 0 Å². The lowest BCUT2D eigenvalue weighted by Crippen LogP contribution is -2.56. The van der Waals surface area contributed by atoms with Crippen molar-refractivity contribution >= 4 is 39.3 Å². The van der Waals surface area contributed by atoms with Crippen LogP contribution in [0.2, 0.25) is 0 Å². The van der Waals surface area contributed by atoms with Gasteiger partial charge in [0, 0.05) is 27.3 Å². The largest absolute Gasteiger partial charge is 0.324 e. The standard InChI is InChI=1S/C20H24BrN3O3/c1-9(2)15-13-14(17(26)24(16(13)25)19(3,4)5)20(23-15)11-8-10(21)6-7-12(11)22-18(20)27/h6-9,13-15,23H,1-5H3,(H,22,27). The van der Waals surface area contributed by atoms with Gasteiger partial charge in [0.2, 0.25) is 17.7 Å². The number of nitrogens with one attached hydrogen (secondary N) is 2. The van der Waals surface area contributed by atoms with E-state index in [0.717, 1.165) is 10.0 Å². The van der Waals surface area contributed by atoms with Gasteiger partial charge in [-0.3, -0.25) is 24.6 Å². The molecule has 1 aromatic rings. The van der Waals surface area contributed by atoms with Gasteiger partial charge in [-0.1, -0.05) is 29.8 Å². The Morgan fingerprint density at radius 2 is 1.81 bits per heavy atom. The third-order valence-corrected chi connectivity index (χ3v) is 6.49. The molecular weight excluding hydrogens is 410 g/mol. The minimum absolute atomic E-state index is 0.0950. The van der Waals surface area contributed by atoms with Crippen LogP contribution in [0.3, 0.4) is 0 Å². The zero-order valence-electron chi connectivity index (χ0n) is 16.1. The number of hydrogen-bond acceptors (Lipinski definition) is 4. The van der Waals surface area contributed by atoms with Crippen LogP contribution in [0.1, 0.15) is 40.2 Å². The van der Waals surface area contributed by atoms with Crippen LogP contribution < -0.4 is 10.6 Å². The van der Waals surface area contributed by atoms with E-state index in [4.69, 9.17) is 0 Å². The Balaban J connectivity index is 1.95. The molecule has 4 atom stereocenters. The highest BCUT2D eigenvalue weighted by Crippen LogP contribution is 2.55. The number of hydrogen-bond donors (Lipinski definition) is 2. The predicted molar refractivity (Wildman–Crippen MR) is 105 cm³/mol. The molecule has 3 heterocycles. The molecule has 144 valence electrons. The van der Waals surface area contributed by atoms with E-state index in [1.54, 1.807) is 0 Å². The maximum atomic E-state index is 13.5. The molecule has 4 rings (SSSR count). The summed E-state index contributed by atoms with van der Waals surface area (Å²) in [5.41, 5.74) is -0.424. The number of carbonyl (C=O) groups is 3. The third kappa shape index (κ3) is 2.30. The molecular formula is C20H24BrN3O3. The van der Waals surface area contributed by atoms with E-state index < -0.39 is 22.9 Å². The van der Waals surface area contributed by atoms with Gasteiger partial charge in [0.1, 0.15) is 5.54 Å². The van der Waals surface area contributed by atoms with Crippen molar-refractivity contribution in [2.45, 2.75) is 51.7 Å². The molecule has 4 unspecified atom stereocenters. The van der Waals surface area contributed by atoms with E-state index in [1.807, 2.05) is 52.8 Å². The molecule has 0 radical (unpaired) electrons.